The Labute approximate surface area is 200 Å². The number of pyridine rings is 2. The fourth-order valence-electron chi connectivity index (χ4n) is 3.55. The Bertz CT molecular complexity index is 1390. The fraction of sp³-hybridized carbons (Fsp3) is 0.100. The maximum absolute atomic E-state index is 13.0. The first kappa shape index (κ1) is 23.1. The summed E-state index contributed by atoms with van der Waals surface area (Å²) in [4.78, 5) is 26.0. The Balaban J connectivity index is 1.72. The summed E-state index contributed by atoms with van der Waals surface area (Å²) in [5.41, 5.74) is 1.39. The number of nitrogens with one attached hydrogen (secondary N) is 1. The quantitative estimate of drug-likeness (QED) is 0.365. The molecule has 4 rings (SSSR count). The molecule has 14 radical (unpaired) electrons. The molecule has 142 valence electrons. The van der Waals surface area contributed by atoms with Crippen LogP contribution in [0.5, 0.6) is 0 Å². The first-order chi connectivity index (χ1) is 15.5. The summed E-state index contributed by atoms with van der Waals surface area (Å²) in [5, 5.41) is 1.52. The Morgan fingerprint density at radius 3 is 2.24 bits per heavy atom. The third kappa shape index (κ3) is 4.17. The van der Waals surface area contributed by atoms with Gasteiger partial charge in [-0.1, -0.05) is 16.5 Å². The molecule has 0 saturated carbocycles. The van der Waals surface area contributed by atoms with Gasteiger partial charge in [-0.25, -0.2) is 15.0 Å². The number of hydrogen-bond acceptors (Lipinski definition) is 4. The molecule has 0 aliphatic carbocycles. The second-order valence-corrected chi connectivity index (χ2v) is 7.64. The molecule has 0 fully saturated rings. The summed E-state index contributed by atoms with van der Waals surface area (Å²) in [6.45, 7) is 0. The van der Waals surface area contributed by atoms with Gasteiger partial charge in [0, 0.05) is 30.3 Å². The van der Waals surface area contributed by atoms with Gasteiger partial charge in [-0.05, 0) is 12.1 Å². The minimum Gasteiger partial charge on any atom is -0.332 e. The lowest BCUT2D eigenvalue weighted by Gasteiger charge is -2.31. The molecule has 0 bridgehead atoms. The molecule has 13 heteroatoms. The number of fused-ring (bicyclic) bond motifs is 1. The van der Waals surface area contributed by atoms with Crippen LogP contribution in [0.1, 0.15) is 15.9 Å². The first-order valence-corrected chi connectivity index (χ1v) is 9.66. The van der Waals surface area contributed by atoms with Gasteiger partial charge in [0.2, 0.25) is 0 Å². The predicted molar refractivity (Wildman–Crippen MR) is 137 cm³/mol. The van der Waals surface area contributed by atoms with Gasteiger partial charge in [-0.3, -0.25) is 4.79 Å². The van der Waals surface area contributed by atoms with E-state index in [1.807, 2.05) is 23.7 Å². The molecule has 1 aromatic carbocycles. The summed E-state index contributed by atoms with van der Waals surface area (Å²) in [7, 11) is 43.1. The van der Waals surface area contributed by atoms with E-state index in [1.54, 1.807) is 24.8 Å². The Morgan fingerprint density at radius 1 is 1.00 bits per heavy atom. The molecule has 0 aliphatic rings. The number of benzene rings is 1. The Hall–Kier alpha value is -3.09. The topological polar surface area (TPSA) is 72.7 Å². The highest BCUT2D eigenvalue weighted by molar-refractivity contribution is 6.66. The van der Waals surface area contributed by atoms with E-state index in [4.69, 9.17) is 54.9 Å². The number of nitrogens with zero attached hydrogens (tertiary/aromatic N) is 4. The smallest absolute Gasteiger partial charge is 0.255 e. The Kier molecular flexibility index (Phi) is 5.85. The van der Waals surface area contributed by atoms with Gasteiger partial charge >= 0.3 is 0 Å². The molecule has 6 nitrogen and oxygen atoms in total. The third-order valence-corrected chi connectivity index (χ3v) is 5.21. The van der Waals surface area contributed by atoms with Crippen LogP contribution in [0, 0.1) is 0 Å². The van der Waals surface area contributed by atoms with E-state index in [-0.39, 0.29) is 38.8 Å². The van der Waals surface area contributed by atoms with Crippen molar-refractivity contribution in [3.8, 4) is 11.4 Å². The van der Waals surface area contributed by atoms with E-state index in [0.29, 0.717) is 11.2 Å². The number of aromatic nitrogens is 4. The summed E-state index contributed by atoms with van der Waals surface area (Å²) in [6.07, 6.45) is 4.97. The van der Waals surface area contributed by atoms with Crippen LogP contribution in [0.4, 0.5) is 5.82 Å². The van der Waals surface area contributed by atoms with Gasteiger partial charge in [0.1, 0.15) is 37.2 Å². The van der Waals surface area contributed by atoms with Crippen LogP contribution in [0.25, 0.3) is 22.3 Å². The molecule has 33 heavy (non-hydrogen) atoms. The van der Waals surface area contributed by atoms with Crippen LogP contribution in [0.2, 0.25) is 0 Å². The van der Waals surface area contributed by atoms with Gasteiger partial charge in [0.25, 0.3) is 5.91 Å². The summed E-state index contributed by atoms with van der Waals surface area (Å²) in [5.74, 6) is -0.464. The van der Waals surface area contributed by atoms with Crippen molar-refractivity contribution in [2.45, 2.75) is 5.11 Å². The van der Waals surface area contributed by atoms with Gasteiger partial charge < -0.3 is 9.88 Å². The van der Waals surface area contributed by atoms with E-state index in [2.05, 4.69) is 20.3 Å². The molecule has 3 heterocycles. The maximum atomic E-state index is 13.0. The monoisotopic (exact) mass is 413 g/mol. The van der Waals surface area contributed by atoms with Crippen molar-refractivity contribution in [1.29, 1.82) is 0 Å². The highest BCUT2D eigenvalue weighted by atomic mass is 16.1. The van der Waals surface area contributed by atoms with Crippen molar-refractivity contribution in [2.24, 2.45) is 7.05 Å². The zero-order valence-corrected chi connectivity index (χ0v) is 17.7. The minimum absolute atomic E-state index is 0.0511. The van der Waals surface area contributed by atoms with Crippen molar-refractivity contribution in [2.75, 3.05) is 5.32 Å². The fourth-order valence-corrected chi connectivity index (χ4v) is 3.55. The van der Waals surface area contributed by atoms with Gasteiger partial charge in [0.15, 0.2) is 0 Å². The summed E-state index contributed by atoms with van der Waals surface area (Å²) >= 11 is 0. The number of anilines is 1. The number of rotatable bonds is 4. The maximum Gasteiger partial charge on any atom is 0.255 e. The third-order valence-electron chi connectivity index (χ3n) is 5.21. The normalized spacial score (nSPS) is 11.5. The van der Waals surface area contributed by atoms with E-state index in [9.17, 15) is 4.79 Å². The number of imidazole rings is 1. The number of hydrogen-bond donors (Lipinski definition) is 1. The second kappa shape index (κ2) is 8.36. The van der Waals surface area contributed by atoms with Crippen LogP contribution < -0.4 is 27.2 Å². The summed E-state index contributed by atoms with van der Waals surface area (Å²) < 4.78 is 1.85. The lowest BCUT2D eigenvalue weighted by atomic mass is 9.37. The lowest BCUT2D eigenvalue weighted by molar-refractivity contribution is 0.102. The van der Waals surface area contributed by atoms with E-state index in [1.165, 1.54) is 0 Å². The van der Waals surface area contributed by atoms with Crippen LogP contribution in [-0.4, -0.2) is 80.4 Å². The highest BCUT2D eigenvalue weighted by Gasteiger charge is 2.24. The van der Waals surface area contributed by atoms with E-state index in [0.717, 1.165) is 11.1 Å². The molecule has 0 aliphatic heterocycles. The van der Waals surface area contributed by atoms with E-state index < -0.39 is 11.0 Å². The average Bonchev–Trinajstić information content (AvgIpc) is 3.17. The number of aryl methyl sites for hydroxylation is 1. The van der Waals surface area contributed by atoms with Crippen LogP contribution in [0.15, 0.2) is 36.9 Å². The molecule has 0 spiro atoms. The first-order valence-electron chi connectivity index (χ1n) is 9.66. The van der Waals surface area contributed by atoms with Crippen LogP contribution in [0.3, 0.4) is 0 Å². The number of carbonyl (C=O) groups excluding carboxylic acids is 1. The molecule has 0 unspecified atom stereocenters. The molecule has 1 N–H and O–H groups in total. The summed E-state index contributed by atoms with van der Waals surface area (Å²) in [6, 6.07) is 5.35. The molecule has 4 aromatic rings. The number of carbonyl (C=O) groups is 1. The highest BCUT2D eigenvalue weighted by Crippen LogP contribution is 2.21. The van der Waals surface area contributed by atoms with Crippen LogP contribution in [-0.2, 0) is 12.2 Å². The van der Waals surface area contributed by atoms with Crippen LogP contribution >= 0.6 is 0 Å². The molecular formula is C20H10B7N5O. The second-order valence-electron chi connectivity index (χ2n) is 7.64. The predicted octanol–water partition coefficient (Wildman–Crippen LogP) is -2.93. The zero-order chi connectivity index (χ0) is 24.1. The molecule has 0 saturated heterocycles. The molecular weight excluding hydrogens is 402 g/mol. The SMILES string of the molecule is [B]c1c([B])c(C([B])([B])[B])c([B])c([B])c1C(=O)Nc1cc2nc(-c3cncn3C)ccc2cn1. The zero-order valence-electron chi connectivity index (χ0n) is 17.7. The van der Waals surface area contributed by atoms with Crippen molar-refractivity contribution >= 4 is 99.4 Å². The standard InChI is InChI=1S/C20H10B7N5O/c1-32-7-28-6-11(32)9-3-2-8-5-29-12(4-10(8)30-9)31-19(33)13-15(21)17(23)14(20(25,26)27)18(24)16(13)22/h2-7H,1H3,(H,29,31,33). The lowest BCUT2D eigenvalue weighted by Crippen LogP contribution is -2.54. The Morgan fingerprint density at radius 2 is 1.67 bits per heavy atom. The molecule has 3 aromatic heterocycles. The number of amides is 1. The van der Waals surface area contributed by atoms with Gasteiger partial charge in [-0.15, -0.1) is 16.0 Å². The van der Waals surface area contributed by atoms with Gasteiger partial charge in [0.05, 0.1) is 53.0 Å². The van der Waals surface area contributed by atoms with Crippen molar-refractivity contribution in [3.05, 3.63) is 48.0 Å². The molecule has 1 amide bonds. The largest absolute Gasteiger partial charge is 0.332 e. The van der Waals surface area contributed by atoms with E-state index >= 15 is 0 Å². The van der Waals surface area contributed by atoms with Crippen molar-refractivity contribution in [3.63, 3.8) is 0 Å². The minimum atomic E-state index is -1.90. The van der Waals surface area contributed by atoms with Crippen molar-refractivity contribution < 1.29 is 4.79 Å². The van der Waals surface area contributed by atoms with Gasteiger partial charge in [-0.2, -0.15) is 0 Å². The van der Waals surface area contributed by atoms with Crippen molar-refractivity contribution in [1.82, 2.24) is 19.5 Å². The average molecular weight is 412 g/mol. The molecule has 0 atom stereocenters.